The average molecular weight is 310 g/mol. The molecule has 0 radical (unpaired) electrons. The van der Waals surface area contributed by atoms with Crippen LogP contribution in [0.2, 0.25) is 0 Å². The van der Waals surface area contributed by atoms with E-state index < -0.39 is 0 Å². The molecule has 0 aromatic heterocycles. The Bertz CT molecular complexity index is 486. The summed E-state index contributed by atoms with van der Waals surface area (Å²) >= 11 is 0. The minimum Gasteiger partial charge on any atom is -0.330 e. The highest BCUT2D eigenvalue weighted by molar-refractivity contribution is 5.96. The summed E-state index contributed by atoms with van der Waals surface area (Å²) in [6.45, 7) is 4.16. The molecule has 1 aromatic rings. The van der Waals surface area contributed by atoms with Crippen molar-refractivity contribution in [2.45, 2.75) is 19.3 Å². The van der Waals surface area contributed by atoms with E-state index in [-0.39, 0.29) is 18.3 Å². The van der Waals surface area contributed by atoms with E-state index in [1.54, 1.807) is 0 Å². The molecule has 4 nitrogen and oxygen atoms in total. The molecule has 2 aliphatic rings. The number of carbonyl (C=O) groups is 1. The number of para-hydroxylation sites is 1. The number of anilines is 1. The zero-order chi connectivity index (χ0) is 13.9. The summed E-state index contributed by atoms with van der Waals surface area (Å²) in [5, 5.41) is 0. The van der Waals surface area contributed by atoms with Gasteiger partial charge in [-0.2, -0.15) is 0 Å². The zero-order valence-corrected chi connectivity index (χ0v) is 13.1. The molecule has 1 amide bonds. The number of benzene rings is 1. The molecule has 0 unspecified atom stereocenters. The van der Waals surface area contributed by atoms with Gasteiger partial charge in [0.2, 0.25) is 5.91 Å². The minimum absolute atomic E-state index is 0. The van der Waals surface area contributed by atoms with Crippen molar-refractivity contribution < 1.29 is 4.79 Å². The summed E-state index contributed by atoms with van der Waals surface area (Å²) in [7, 11) is 0. The van der Waals surface area contributed by atoms with Crippen molar-refractivity contribution in [1.82, 2.24) is 4.90 Å². The third kappa shape index (κ3) is 3.57. The second-order valence-electron chi connectivity index (χ2n) is 5.88. The molecule has 1 aromatic carbocycles. The van der Waals surface area contributed by atoms with Crippen LogP contribution in [0.4, 0.5) is 5.69 Å². The molecule has 5 heteroatoms. The largest absolute Gasteiger partial charge is 0.330 e. The van der Waals surface area contributed by atoms with Gasteiger partial charge in [-0.25, -0.2) is 0 Å². The molecule has 1 saturated heterocycles. The fourth-order valence-electron chi connectivity index (χ4n) is 3.25. The number of rotatable bonds is 3. The van der Waals surface area contributed by atoms with Gasteiger partial charge in [-0.3, -0.25) is 9.69 Å². The van der Waals surface area contributed by atoms with Gasteiger partial charge in [0, 0.05) is 12.2 Å². The molecule has 0 aliphatic carbocycles. The standard InChI is InChI=1S/C16H23N3O.ClH/c17-11-13-5-8-18(9-6-13)12-16(20)19-10-7-14-3-1-2-4-15(14)19;/h1-4,13H,5-12,17H2;1H. The molecular weight excluding hydrogens is 286 g/mol. The predicted octanol–water partition coefficient (Wildman–Crippen LogP) is 1.67. The molecular formula is C16H24ClN3O. The SMILES string of the molecule is Cl.NCC1CCN(CC(=O)N2CCc3ccccc32)CC1. The Morgan fingerprint density at radius 1 is 1.19 bits per heavy atom. The van der Waals surface area contributed by atoms with Crippen LogP contribution in [0.15, 0.2) is 24.3 Å². The smallest absolute Gasteiger partial charge is 0.241 e. The molecule has 2 N–H and O–H groups in total. The number of amides is 1. The van der Waals surface area contributed by atoms with Crippen LogP contribution in [0.1, 0.15) is 18.4 Å². The number of hydrogen-bond donors (Lipinski definition) is 1. The summed E-state index contributed by atoms with van der Waals surface area (Å²) in [6, 6.07) is 8.23. The molecule has 2 aliphatic heterocycles. The van der Waals surface area contributed by atoms with Crippen LogP contribution in [0.3, 0.4) is 0 Å². The van der Waals surface area contributed by atoms with Crippen LogP contribution >= 0.6 is 12.4 Å². The van der Waals surface area contributed by atoms with Crippen LogP contribution < -0.4 is 10.6 Å². The number of carbonyl (C=O) groups excluding carboxylic acids is 1. The fourth-order valence-corrected chi connectivity index (χ4v) is 3.25. The lowest BCUT2D eigenvalue weighted by Crippen LogP contribution is -2.43. The second-order valence-corrected chi connectivity index (χ2v) is 5.88. The van der Waals surface area contributed by atoms with E-state index in [0.29, 0.717) is 12.5 Å². The third-order valence-electron chi connectivity index (χ3n) is 4.59. The van der Waals surface area contributed by atoms with Gasteiger partial charge in [0.15, 0.2) is 0 Å². The van der Waals surface area contributed by atoms with E-state index in [4.69, 9.17) is 5.73 Å². The summed E-state index contributed by atoms with van der Waals surface area (Å²) < 4.78 is 0. The lowest BCUT2D eigenvalue weighted by Gasteiger charge is -2.32. The lowest BCUT2D eigenvalue weighted by atomic mass is 9.97. The first-order valence-electron chi connectivity index (χ1n) is 7.58. The van der Waals surface area contributed by atoms with Crippen molar-refractivity contribution in [2.24, 2.45) is 11.7 Å². The molecule has 3 rings (SSSR count). The van der Waals surface area contributed by atoms with Gasteiger partial charge in [0.05, 0.1) is 6.54 Å². The Labute approximate surface area is 132 Å². The highest BCUT2D eigenvalue weighted by atomic mass is 35.5. The maximum Gasteiger partial charge on any atom is 0.241 e. The Morgan fingerprint density at radius 2 is 1.90 bits per heavy atom. The predicted molar refractivity (Wildman–Crippen MR) is 88.0 cm³/mol. The normalized spacial score (nSPS) is 19.2. The van der Waals surface area contributed by atoms with Crippen molar-refractivity contribution in [3.05, 3.63) is 29.8 Å². The maximum atomic E-state index is 12.5. The first-order chi connectivity index (χ1) is 9.78. The van der Waals surface area contributed by atoms with Crippen LogP contribution in [-0.4, -0.2) is 43.5 Å². The van der Waals surface area contributed by atoms with E-state index in [1.165, 1.54) is 5.56 Å². The number of halogens is 1. The Morgan fingerprint density at radius 3 is 2.62 bits per heavy atom. The summed E-state index contributed by atoms with van der Waals surface area (Å²) in [5.41, 5.74) is 8.11. The zero-order valence-electron chi connectivity index (χ0n) is 12.3. The Balaban J connectivity index is 0.00000161. The summed E-state index contributed by atoms with van der Waals surface area (Å²) in [6.07, 6.45) is 3.23. The monoisotopic (exact) mass is 309 g/mol. The van der Waals surface area contributed by atoms with Crippen LogP contribution in [0.5, 0.6) is 0 Å². The number of hydrogen-bond acceptors (Lipinski definition) is 3. The van der Waals surface area contributed by atoms with Gasteiger partial charge >= 0.3 is 0 Å². The quantitative estimate of drug-likeness (QED) is 0.924. The molecule has 0 bridgehead atoms. The molecule has 0 spiro atoms. The third-order valence-corrected chi connectivity index (χ3v) is 4.59. The van der Waals surface area contributed by atoms with Gasteiger partial charge in [0.1, 0.15) is 0 Å². The topological polar surface area (TPSA) is 49.6 Å². The van der Waals surface area contributed by atoms with Gasteiger partial charge in [-0.1, -0.05) is 18.2 Å². The Hall–Kier alpha value is -1.10. The maximum absolute atomic E-state index is 12.5. The molecule has 116 valence electrons. The van der Waals surface area contributed by atoms with E-state index >= 15 is 0 Å². The van der Waals surface area contributed by atoms with E-state index in [9.17, 15) is 4.79 Å². The number of nitrogens with two attached hydrogens (primary N) is 1. The second kappa shape index (κ2) is 7.25. The average Bonchev–Trinajstić information content (AvgIpc) is 2.92. The van der Waals surface area contributed by atoms with Crippen LogP contribution in [-0.2, 0) is 11.2 Å². The molecule has 1 fully saturated rings. The number of piperidine rings is 1. The van der Waals surface area contributed by atoms with Crippen molar-refractivity contribution in [1.29, 1.82) is 0 Å². The van der Waals surface area contributed by atoms with Crippen molar-refractivity contribution >= 4 is 24.0 Å². The van der Waals surface area contributed by atoms with Crippen LogP contribution in [0, 0.1) is 5.92 Å². The van der Waals surface area contributed by atoms with Crippen LogP contribution in [0.25, 0.3) is 0 Å². The van der Waals surface area contributed by atoms with Crippen molar-refractivity contribution in [2.75, 3.05) is 37.6 Å². The highest BCUT2D eigenvalue weighted by Crippen LogP contribution is 2.27. The molecule has 0 atom stereocenters. The van der Waals surface area contributed by atoms with E-state index in [1.807, 2.05) is 17.0 Å². The number of fused-ring (bicyclic) bond motifs is 1. The fraction of sp³-hybridized carbons (Fsp3) is 0.562. The van der Waals surface area contributed by atoms with Crippen molar-refractivity contribution in [3.8, 4) is 0 Å². The lowest BCUT2D eigenvalue weighted by molar-refractivity contribution is -0.120. The minimum atomic E-state index is 0. The van der Waals surface area contributed by atoms with Gasteiger partial charge in [-0.05, 0) is 56.4 Å². The van der Waals surface area contributed by atoms with E-state index in [2.05, 4.69) is 17.0 Å². The highest BCUT2D eigenvalue weighted by Gasteiger charge is 2.26. The molecule has 2 heterocycles. The van der Waals surface area contributed by atoms with Gasteiger partial charge in [0.25, 0.3) is 0 Å². The number of likely N-dealkylation sites (tertiary alicyclic amines) is 1. The van der Waals surface area contributed by atoms with Gasteiger partial charge in [-0.15, -0.1) is 12.4 Å². The van der Waals surface area contributed by atoms with Gasteiger partial charge < -0.3 is 10.6 Å². The molecule has 21 heavy (non-hydrogen) atoms. The summed E-state index contributed by atoms with van der Waals surface area (Å²) in [5.74, 6) is 0.884. The first kappa shape index (κ1) is 16.3. The van der Waals surface area contributed by atoms with Crippen molar-refractivity contribution in [3.63, 3.8) is 0 Å². The number of nitrogens with zero attached hydrogens (tertiary/aromatic N) is 2. The van der Waals surface area contributed by atoms with E-state index in [0.717, 1.165) is 51.1 Å². The summed E-state index contributed by atoms with van der Waals surface area (Å²) in [4.78, 5) is 16.7. The Kier molecular flexibility index (Phi) is 5.62. The molecule has 0 saturated carbocycles. The first-order valence-corrected chi connectivity index (χ1v) is 7.58.